The second-order valence-corrected chi connectivity index (χ2v) is 9.76. The van der Waals surface area contributed by atoms with E-state index in [1.54, 1.807) is 50.6 Å². The van der Waals surface area contributed by atoms with E-state index in [0.29, 0.717) is 45.9 Å². The first-order valence-corrected chi connectivity index (χ1v) is 13.2. The Bertz CT molecular complexity index is 1700. The van der Waals surface area contributed by atoms with Crippen molar-refractivity contribution in [2.45, 2.75) is 31.5 Å². The van der Waals surface area contributed by atoms with E-state index in [1.165, 1.54) is 18.5 Å². The van der Waals surface area contributed by atoms with Crippen LogP contribution >= 0.6 is 0 Å². The molecular weight excluding hydrogens is 525 g/mol. The fourth-order valence-corrected chi connectivity index (χ4v) is 5.22. The summed E-state index contributed by atoms with van der Waals surface area (Å²) in [6.45, 7) is 1.85. The van der Waals surface area contributed by atoms with Gasteiger partial charge in [0.15, 0.2) is 0 Å². The van der Waals surface area contributed by atoms with Crippen LogP contribution in [0.4, 0.5) is 16.0 Å². The monoisotopic (exact) mass is 557 g/mol. The molecule has 10 heteroatoms. The maximum Gasteiger partial charge on any atom is 0.200 e. The van der Waals surface area contributed by atoms with Crippen LogP contribution in [0, 0.1) is 5.82 Å². The Labute approximate surface area is 236 Å². The maximum atomic E-state index is 14.3. The van der Waals surface area contributed by atoms with Crippen molar-refractivity contribution in [2.75, 3.05) is 32.3 Å². The minimum atomic E-state index is -0.572. The van der Waals surface area contributed by atoms with Crippen LogP contribution < -0.4 is 21.8 Å². The molecule has 1 aliphatic rings. The molecule has 2 aromatic carbocycles. The Balaban J connectivity index is 1.60. The van der Waals surface area contributed by atoms with Crippen molar-refractivity contribution in [1.29, 1.82) is 0 Å². The first-order chi connectivity index (χ1) is 19.8. The highest BCUT2D eigenvalue weighted by atomic mass is 19.1. The smallest absolute Gasteiger partial charge is 0.200 e. The molecular formula is C31H32FN5O4. The highest BCUT2D eigenvalue weighted by Crippen LogP contribution is 2.38. The van der Waals surface area contributed by atoms with E-state index in [1.807, 2.05) is 26.1 Å². The van der Waals surface area contributed by atoms with Crippen LogP contribution in [-0.4, -0.2) is 37.3 Å². The third kappa shape index (κ3) is 5.57. The Kier molecular flexibility index (Phi) is 8.14. The number of nitrogens with two attached hydrogens (primary N) is 1. The second kappa shape index (κ2) is 11.9. The van der Waals surface area contributed by atoms with Crippen LogP contribution in [0.2, 0.25) is 0 Å². The van der Waals surface area contributed by atoms with Crippen molar-refractivity contribution >= 4 is 22.6 Å². The van der Waals surface area contributed by atoms with E-state index >= 15 is 0 Å². The molecule has 0 saturated carbocycles. The van der Waals surface area contributed by atoms with E-state index in [4.69, 9.17) is 19.6 Å². The molecule has 0 saturated heterocycles. The van der Waals surface area contributed by atoms with Gasteiger partial charge in [-0.3, -0.25) is 4.79 Å². The van der Waals surface area contributed by atoms with E-state index in [9.17, 15) is 9.18 Å². The third-order valence-corrected chi connectivity index (χ3v) is 7.20. The molecule has 0 bridgehead atoms. The number of methoxy groups -OCH3 is 2. The van der Waals surface area contributed by atoms with Crippen molar-refractivity contribution in [3.05, 3.63) is 106 Å². The van der Waals surface area contributed by atoms with Crippen molar-refractivity contribution < 1.29 is 18.3 Å². The number of nitrogens with one attached hydrogen (secondary N) is 2. The Morgan fingerprint density at radius 1 is 1.15 bits per heavy atom. The van der Waals surface area contributed by atoms with Crippen LogP contribution in [0.15, 0.2) is 87.6 Å². The normalized spacial score (nSPS) is 16.6. The lowest BCUT2D eigenvalue weighted by Crippen LogP contribution is -2.27. The lowest BCUT2D eigenvalue weighted by atomic mass is 9.90. The van der Waals surface area contributed by atoms with Crippen molar-refractivity contribution in [3.63, 3.8) is 0 Å². The zero-order valence-electron chi connectivity index (χ0n) is 23.3. The summed E-state index contributed by atoms with van der Waals surface area (Å²) in [4.78, 5) is 22.5. The van der Waals surface area contributed by atoms with Crippen molar-refractivity contribution in [3.8, 4) is 11.1 Å². The fourth-order valence-electron chi connectivity index (χ4n) is 5.22. The molecule has 0 spiro atoms. The zero-order valence-corrected chi connectivity index (χ0v) is 23.3. The number of rotatable bonds is 9. The van der Waals surface area contributed by atoms with Crippen LogP contribution in [0.1, 0.15) is 36.8 Å². The van der Waals surface area contributed by atoms with Gasteiger partial charge in [0.1, 0.15) is 40.9 Å². The maximum absolute atomic E-state index is 14.3. The van der Waals surface area contributed by atoms with Gasteiger partial charge in [0.25, 0.3) is 0 Å². The van der Waals surface area contributed by atoms with Gasteiger partial charge in [0.05, 0.1) is 41.8 Å². The molecule has 4 aromatic rings. The molecule has 0 radical (unpaired) electrons. The van der Waals surface area contributed by atoms with Crippen LogP contribution in [0.3, 0.4) is 0 Å². The molecule has 1 aliphatic carbocycles. The number of para-hydroxylation sites is 1. The van der Waals surface area contributed by atoms with Crippen LogP contribution in [-0.2, 0) is 9.47 Å². The molecule has 0 aliphatic heterocycles. The average molecular weight is 558 g/mol. The van der Waals surface area contributed by atoms with Gasteiger partial charge in [-0.1, -0.05) is 24.3 Å². The van der Waals surface area contributed by atoms with Crippen molar-refractivity contribution in [2.24, 2.45) is 0 Å². The number of halogens is 1. The number of anilines is 2. The van der Waals surface area contributed by atoms with Gasteiger partial charge < -0.3 is 30.3 Å². The number of nitrogen functional groups attached to an aromatic ring is 1. The molecule has 0 amide bonds. The highest BCUT2D eigenvalue weighted by molar-refractivity contribution is 5.83. The molecule has 3 unspecified atom stereocenters. The molecule has 2 aromatic heterocycles. The number of benzene rings is 2. The summed E-state index contributed by atoms with van der Waals surface area (Å²) in [5.41, 5.74) is 8.88. The van der Waals surface area contributed by atoms with E-state index < -0.39 is 11.9 Å². The van der Waals surface area contributed by atoms with Crippen LogP contribution in [0.5, 0.6) is 0 Å². The third-order valence-electron chi connectivity index (χ3n) is 7.20. The van der Waals surface area contributed by atoms with Gasteiger partial charge in [-0.15, -0.1) is 0 Å². The van der Waals surface area contributed by atoms with E-state index in [0.717, 1.165) is 5.57 Å². The van der Waals surface area contributed by atoms with Crippen LogP contribution in [0.25, 0.3) is 22.1 Å². The standard InChI is InChI=1S/C31H32FN5O4/c1-17(29-25(18-8-7-9-20(32)12-18)28(38)23-10-5-6-11-24(23)41-29)37-31-26(30(33)35-16-36-31)27(34-2)19-13-21(39-3)15-22(14-19)40-4/h5-13,15-17,22,27,34H,14H2,1-4H3,(H3,33,35,36,37). The molecule has 212 valence electrons. The Morgan fingerprint density at radius 3 is 2.68 bits per heavy atom. The summed E-state index contributed by atoms with van der Waals surface area (Å²) in [5.74, 6) is 1.29. The zero-order chi connectivity index (χ0) is 29.1. The average Bonchev–Trinajstić information content (AvgIpc) is 2.98. The highest BCUT2D eigenvalue weighted by Gasteiger charge is 2.29. The Hall–Kier alpha value is -4.54. The predicted molar refractivity (Wildman–Crippen MR) is 157 cm³/mol. The summed E-state index contributed by atoms with van der Waals surface area (Å²) in [7, 11) is 5.07. The summed E-state index contributed by atoms with van der Waals surface area (Å²) in [6.07, 6.45) is 5.65. The van der Waals surface area contributed by atoms with Gasteiger partial charge in [0, 0.05) is 13.5 Å². The first-order valence-electron chi connectivity index (χ1n) is 13.2. The van der Waals surface area contributed by atoms with Gasteiger partial charge in [-0.25, -0.2) is 14.4 Å². The molecule has 4 N–H and O–H groups in total. The quantitative estimate of drug-likeness (QED) is 0.252. The van der Waals surface area contributed by atoms with E-state index in [-0.39, 0.29) is 29.0 Å². The summed E-state index contributed by atoms with van der Waals surface area (Å²) >= 11 is 0. The molecule has 0 fully saturated rings. The number of ether oxygens (including phenoxy) is 2. The second-order valence-electron chi connectivity index (χ2n) is 9.76. The predicted octanol–water partition coefficient (Wildman–Crippen LogP) is 5.28. The number of likely N-dealkylation sites (N-methyl/N-ethyl adjacent to an activating group) is 1. The number of hydrogen-bond acceptors (Lipinski definition) is 9. The van der Waals surface area contributed by atoms with Gasteiger partial charge in [-0.2, -0.15) is 0 Å². The minimum Gasteiger partial charge on any atom is -0.497 e. The first kappa shape index (κ1) is 28.0. The number of nitrogens with zero attached hydrogens (tertiary/aromatic N) is 2. The number of fused-ring (bicyclic) bond motifs is 1. The lowest BCUT2D eigenvalue weighted by Gasteiger charge is -2.29. The summed E-state index contributed by atoms with van der Waals surface area (Å²) in [5, 5.41) is 7.12. The largest absolute Gasteiger partial charge is 0.497 e. The molecule has 41 heavy (non-hydrogen) atoms. The van der Waals surface area contributed by atoms with Gasteiger partial charge in [-0.05, 0) is 61.5 Å². The molecule has 5 rings (SSSR count). The summed E-state index contributed by atoms with van der Waals surface area (Å²) in [6, 6.07) is 11.9. The van der Waals surface area contributed by atoms with Crippen molar-refractivity contribution in [1.82, 2.24) is 15.3 Å². The molecule has 9 nitrogen and oxygen atoms in total. The number of aromatic nitrogens is 2. The molecule has 2 heterocycles. The lowest BCUT2D eigenvalue weighted by molar-refractivity contribution is 0.132. The SMILES string of the molecule is CNC(C1=CC(OC)=CC(OC)C1)c1c(N)ncnc1NC(C)c1oc2ccccc2c(=O)c1-c1cccc(F)c1. The molecule has 3 atom stereocenters. The van der Waals surface area contributed by atoms with E-state index in [2.05, 4.69) is 20.6 Å². The fraction of sp³-hybridized carbons (Fsp3) is 0.258. The minimum absolute atomic E-state index is 0.178. The van der Waals surface area contributed by atoms with Gasteiger partial charge >= 0.3 is 0 Å². The number of hydrogen-bond donors (Lipinski definition) is 3. The topological polar surface area (TPSA) is 125 Å². The Morgan fingerprint density at radius 2 is 1.95 bits per heavy atom. The summed E-state index contributed by atoms with van der Waals surface area (Å²) < 4.78 is 31.7. The van der Waals surface area contributed by atoms with Gasteiger partial charge in [0.2, 0.25) is 5.43 Å². The number of allylic oxidation sites excluding steroid dienone is 1.